The Balaban J connectivity index is 1.33. The lowest BCUT2D eigenvalue weighted by Crippen LogP contribution is -2.61. The van der Waals surface area contributed by atoms with Gasteiger partial charge < -0.3 is 10.2 Å². The Morgan fingerprint density at radius 2 is 1.73 bits per heavy atom. The van der Waals surface area contributed by atoms with Crippen LogP contribution in [0.2, 0.25) is 0 Å². The van der Waals surface area contributed by atoms with Crippen molar-refractivity contribution in [1.82, 2.24) is 15.1 Å². The molecule has 0 spiro atoms. The van der Waals surface area contributed by atoms with Gasteiger partial charge >= 0.3 is 0 Å². The van der Waals surface area contributed by atoms with E-state index in [0.717, 1.165) is 25.6 Å². The second kappa shape index (κ2) is 5.56. The van der Waals surface area contributed by atoms with Crippen LogP contribution in [0.15, 0.2) is 24.3 Å². The average molecular weight is 351 g/mol. The van der Waals surface area contributed by atoms with Crippen molar-refractivity contribution >= 4 is 5.91 Å². The molecule has 1 aromatic carbocycles. The Hall–Kier alpha value is -1.39. The van der Waals surface area contributed by atoms with E-state index in [1.54, 1.807) is 0 Å². The zero-order chi connectivity index (χ0) is 17.4. The summed E-state index contributed by atoms with van der Waals surface area (Å²) in [5.41, 5.74) is 2.76. The Bertz CT molecular complexity index is 713. The van der Waals surface area contributed by atoms with Crippen LogP contribution in [0.5, 0.6) is 0 Å². The summed E-state index contributed by atoms with van der Waals surface area (Å²) in [5.74, 6) is 3.27. The number of nitrogens with one attached hydrogen (secondary N) is 1. The summed E-state index contributed by atoms with van der Waals surface area (Å²) in [6.07, 6.45) is 2.56. The van der Waals surface area contributed by atoms with Crippen molar-refractivity contribution < 1.29 is 4.79 Å². The highest BCUT2D eigenvalue weighted by Crippen LogP contribution is 2.53. The number of aryl methyl sites for hydroxylation is 1. The van der Waals surface area contributed by atoms with Gasteiger partial charge in [0.25, 0.3) is 0 Å². The first-order valence-corrected chi connectivity index (χ1v) is 10.5. The van der Waals surface area contributed by atoms with E-state index in [0.29, 0.717) is 41.7 Å². The summed E-state index contributed by atoms with van der Waals surface area (Å²) in [6, 6.07) is 10.1. The zero-order valence-electron chi connectivity index (χ0n) is 15.6. The van der Waals surface area contributed by atoms with Gasteiger partial charge in [-0.05, 0) is 69.3 Å². The number of hydrogen-bond acceptors (Lipinski definition) is 3. The van der Waals surface area contributed by atoms with E-state index >= 15 is 0 Å². The summed E-state index contributed by atoms with van der Waals surface area (Å²) in [7, 11) is 0. The van der Waals surface area contributed by atoms with Crippen LogP contribution in [-0.2, 0) is 4.79 Å². The van der Waals surface area contributed by atoms with Crippen LogP contribution in [0.1, 0.15) is 29.9 Å². The summed E-state index contributed by atoms with van der Waals surface area (Å²) in [6.45, 7) is 7.67. The molecule has 6 aliphatic rings. The molecule has 4 nitrogen and oxygen atoms in total. The molecule has 138 valence electrons. The predicted molar refractivity (Wildman–Crippen MR) is 101 cm³/mol. The standard InChI is InChI=1S/C22H29N3O/c1-13-2-4-14(5-3-13)18-12-25(22(26)19-16-10-23-11-17(16)19)20-15-6-8-24(9-7-15)21(18)20/h2-5,15-21,23H,6-12H2,1H3/t16-,17+,18-,19?,20+,21+/m0/s1. The number of rotatable bonds is 2. The van der Waals surface area contributed by atoms with Gasteiger partial charge in [-0.25, -0.2) is 0 Å². The van der Waals surface area contributed by atoms with Gasteiger partial charge in [0.1, 0.15) is 0 Å². The third kappa shape index (κ3) is 2.12. The van der Waals surface area contributed by atoms with E-state index in [1.807, 2.05) is 0 Å². The van der Waals surface area contributed by atoms with Crippen LogP contribution in [0, 0.1) is 30.6 Å². The highest BCUT2D eigenvalue weighted by atomic mass is 16.2. The fraction of sp³-hybridized carbons (Fsp3) is 0.682. The van der Waals surface area contributed by atoms with Crippen LogP contribution in [0.4, 0.5) is 0 Å². The van der Waals surface area contributed by atoms with Crippen molar-refractivity contribution in [2.75, 3.05) is 32.7 Å². The highest BCUT2D eigenvalue weighted by Gasteiger charge is 2.62. The van der Waals surface area contributed by atoms with E-state index in [1.165, 1.54) is 37.1 Å². The monoisotopic (exact) mass is 351 g/mol. The van der Waals surface area contributed by atoms with E-state index < -0.39 is 0 Å². The second-order valence-corrected chi connectivity index (χ2v) is 9.37. The molecule has 2 bridgehead atoms. The highest BCUT2D eigenvalue weighted by molar-refractivity contribution is 5.83. The zero-order valence-corrected chi connectivity index (χ0v) is 15.6. The SMILES string of the molecule is Cc1ccc([C@@H]2CN(C(=O)C3[C@H]4CNC[C@@H]34)[C@@H]3C4CCN(CC4)[C@@H]32)cc1. The Kier molecular flexibility index (Phi) is 3.34. The van der Waals surface area contributed by atoms with Gasteiger partial charge in [-0.3, -0.25) is 9.69 Å². The molecule has 0 radical (unpaired) electrons. The molecule has 6 fully saturated rings. The van der Waals surface area contributed by atoms with Gasteiger partial charge in [0.2, 0.25) is 5.91 Å². The van der Waals surface area contributed by atoms with Crippen LogP contribution in [0.3, 0.4) is 0 Å². The first-order valence-electron chi connectivity index (χ1n) is 10.5. The van der Waals surface area contributed by atoms with E-state index in [4.69, 9.17) is 0 Å². The number of nitrogens with zero attached hydrogens (tertiary/aromatic N) is 2. The summed E-state index contributed by atoms with van der Waals surface area (Å²) >= 11 is 0. The second-order valence-electron chi connectivity index (χ2n) is 9.37. The van der Waals surface area contributed by atoms with Crippen molar-refractivity contribution in [2.45, 2.75) is 37.8 Å². The topological polar surface area (TPSA) is 35.6 Å². The molecule has 1 amide bonds. The molecule has 6 atom stereocenters. The fourth-order valence-corrected chi connectivity index (χ4v) is 6.76. The van der Waals surface area contributed by atoms with Crippen molar-refractivity contribution in [3.05, 3.63) is 35.4 Å². The number of fused-ring (bicyclic) bond motifs is 3. The lowest BCUT2D eigenvalue weighted by Gasteiger charge is -2.51. The Labute approximate surface area is 155 Å². The van der Waals surface area contributed by atoms with Gasteiger partial charge in [0.05, 0.1) is 6.04 Å². The molecule has 4 heteroatoms. The van der Waals surface area contributed by atoms with Gasteiger partial charge in [0, 0.05) is 24.4 Å². The molecule has 26 heavy (non-hydrogen) atoms. The lowest BCUT2D eigenvalue weighted by molar-refractivity contribution is -0.138. The minimum atomic E-state index is 0.323. The normalized spacial score (nSPS) is 45.5. The van der Waals surface area contributed by atoms with Gasteiger partial charge in [0.15, 0.2) is 0 Å². The lowest BCUT2D eigenvalue weighted by atomic mass is 9.75. The maximum atomic E-state index is 13.5. The summed E-state index contributed by atoms with van der Waals surface area (Å²) in [4.78, 5) is 18.5. The molecule has 1 unspecified atom stereocenters. The third-order valence-corrected chi connectivity index (χ3v) is 8.16. The average Bonchev–Trinajstić information content (AvgIpc) is 3.02. The maximum Gasteiger partial charge on any atom is 0.226 e. The van der Waals surface area contributed by atoms with E-state index in [9.17, 15) is 4.79 Å². The number of piperidine rings is 4. The Morgan fingerprint density at radius 3 is 2.42 bits per heavy atom. The number of benzene rings is 1. The molecule has 1 aromatic rings. The van der Waals surface area contributed by atoms with Crippen molar-refractivity contribution in [2.24, 2.45) is 23.7 Å². The number of likely N-dealkylation sites (tertiary alicyclic amines) is 1. The first-order chi connectivity index (χ1) is 12.7. The summed E-state index contributed by atoms with van der Waals surface area (Å²) < 4.78 is 0. The largest absolute Gasteiger partial charge is 0.337 e. The number of carbonyl (C=O) groups excluding carboxylic acids is 1. The minimum Gasteiger partial charge on any atom is -0.337 e. The van der Waals surface area contributed by atoms with Crippen molar-refractivity contribution in [3.63, 3.8) is 0 Å². The first kappa shape index (κ1) is 15.6. The third-order valence-electron chi connectivity index (χ3n) is 8.16. The smallest absolute Gasteiger partial charge is 0.226 e. The number of hydrogen-bond donors (Lipinski definition) is 1. The molecule has 5 heterocycles. The minimum absolute atomic E-state index is 0.323. The Morgan fingerprint density at radius 1 is 1.04 bits per heavy atom. The van der Waals surface area contributed by atoms with Crippen molar-refractivity contribution in [1.29, 1.82) is 0 Å². The molecule has 5 aliphatic heterocycles. The summed E-state index contributed by atoms with van der Waals surface area (Å²) in [5, 5.41) is 3.44. The van der Waals surface area contributed by atoms with Gasteiger partial charge in [-0.1, -0.05) is 29.8 Å². The fourth-order valence-electron chi connectivity index (χ4n) is 6.76. The van der Waals surface area contributed by atoms with Crippen molar-refractivity contribution in [3.8, 4) is 0 Å². The van der Waals surface area contributed by atoms with Crippen LogP contribution in [0.25, 0.3) is 0 Å². The van der Waals surface area contributed by atoms with Crippen LogP contribution >= 0.6 is 0 Å². The maximum absolute atomic E-state index is 13.5. The van der Waals surface area contributed by atoms with Crippen LogP contribution in [-0.4, -0.2) is 60.5 Å². The predicted octanol–water partition coefficient (Wildman–Crippen LogP) is 1.85. The molecule has 5 saturated heterocycles. The number of carbonyl (C=O) groups is 1. The van der Waals surface area contributed by atoms with Crippen LogP contribution < -0.4 is 5.32 Å². The molecule has 1 aliphatic carbocycles. The van der Waals surface area contributed by atoms with E-state index in [2.05, 4.69) is 46.3 Å². The van der Waals surface area contributed by atoms with Gasteiger partial charge in [-0.2, -0.15) is 0 Å². The molecular weight excluding hydrogens is 322 g/mol. The molecule has 0 aromatic heterocycles. The molecule has 7 rings (SSSR count). The quantitative estimate of drug-likeness (QED) is 0.883. The molecular formula is C22H29N3O. The van der Waals surface area contributed by atoms with E-state index in [-0.39, 0.29) is 0 Å². The molecule has 1 N–H and O–H groups in total. The molecule has 1 saturated carbocycles. The van der Waals surface area contributed by atoms with Gasteiger partial charge in [-0.15, -0.1) is 0 Å². The number of amides is 1.